The zero-order chi connectivity index (χ0) is 13.2. The fraction of sp³-hybridized carbons (Fsp3) is 0.643. The molecule has 1 amide bonds. The van der Waals surface area contributed by atoms with Gasteiger partial charge in [0.05, 0.1) is 18.2 Å². The molecule has 1 heterocycles. The highest BCUT2D eigenvalue weighted by atomic mass is 16.3. The van der Waals surface area contributed by atoms with Crippen LogP contribution in [0.1, 0.15) is 38.9 Å². The van der Waals surface area contributed by atoms with Gasteiger partial charge in [0.2, 0.25) is 5.91 Å². The lowest BCUT2D eigenvalue weighted by Crippen LogP contribution is -2.46. The molecule has 1 unspecified atom stereocenters. The standard InChI is InChI=1S/C14H22N2O2/c1-3-14(2,10-15)13(17)16(11-6-7-11)9-12-5-4-8-18-12/h4-5,8,11H,3,6-7,9-10,15H2,1-2H3. The van der Waals surface area contributed by atoms with Crippen molar-refractivity contribution in [3.05, 3.63) is 24.2 Å². The molecule has 0 saturated heterocycles. The maximum absolute atomic E-state index is 12.6. The summed E-state index contributed by atoms with van der Waals surface area (Å²) in [4.78, 5) is 14.6. The fourth-order valence-corrected chi connectivity index (χ4v) is 2.05. The van der Waals surface area contributed by atoms with Gasteiger partial charge in [0, 0.05) is 12.6 Å². The maximum atomic E-state index is 12.6. The van der Waals surface area contributed by atoms with Crippen molar-refractivity contribution in [1.29, 1.82) is 0 Å². The highest BCUT2D eigenvalue weighted by Gasteiger charge is 2.40. The lowest BCUT2D eigenvalue weighted by atomic mass is 9.86. The normalized spacial score (nSPS) is 18.4. The molecule has 4 heteroatoms. The Morgan fingerprint density at radius 3 is 2.78 bits per heavy atom. The number of hydrogen-bond acceptors (Lipinski definition) is 3. The van der Waals surface area contributed by atoms with Gasteiger partial charge < -0.3 is 15.1 Å². The van der Waals surface area contributed by atoms with Crippen molar-refractivity contribution in [3.8, 4) is 0 Å². The molecule has 100 valence electrons. The summed E-state index contributed by atoms with van der Waals surface area (Å²) >= 11 is 0. The summed E-state index contributed by atoms with van der Waals surface area (Å²) in [5, 5.41) is 0. The number of carbonyl (C=O) groups is 1. The van der Waals surface area contributed by atoms with Gasteiger partial charge in [0.15, 0.2) is 0 Å². The Kier molecular flexibility index (Phi) is 3.76. The van der Waals surface area contributed by atoms with Gasteiger partial charge in [0.25, 0.3) is 0 Å². The minimum atomic E-state index is -0.449. The summed E-state index contributed by atoms with van der Waals surface area (Å²) in [7, 11) is 0. The van der Waals surface area contributed by atoms with Crippen molar-refractivity contribution >= 4 is 5.91 Å². The van der Waals surface area contributed by atoms with E-state index in [1.54, 1.807) is 6.26 Å². The molecule has 18 heavy (non-hydrogen) atoms. The van der Waals surface area contributed by atoms with E-state index >= 15 is 0 Å². The van der Waals surface area contributed by atoms with Crippen LogP contribution in [0.25, 0.3) is 0 Å². The molecular formula is C14H22N2O2. The Labute approximate surface area is 108 Å². The van der Waals surface area contributed by atoms with Gasteiger partial charge in [0.1, 0.15) is 5.76 Å². The molecule has 0 radical (unpaired) electrons. The SMILES string of the molecule is CCC(C)(CN)C(=O)N(Cc1ccco1)C1CC1. The van der Waals surface area contributed by atoms with E-state index < -0.39 is 5.41 Å². The second kappa shape index (κ2) is 5.14. The van der Waals surface area contributed by atoms with Crippen molar-refractivity contribution in [2.24, 2.45) is 11.1 Å². The number of carbonyl (C=O) groups excluding carboxylic acids is 1. The van der Waals surface area contributed by atoms with Crippen LogP contribution in [-0.4, -0.2) is 23.4 Å². The van der Waals surface area contributed by atoms with E-state index in [9.17, 15) is 4.79 Å². The summed E-state index contributed by atoms with van der Waals surface area (Å²) in [5.74, 6) is 0.997. The number of rotatable bonds is 6. The molecule has 1 saturated carbocycles. The van der Waals surface area contributed by atoms with Gasteiger partial charge in [-0.05, 0) is 38.3 Å². The van der Waals surface area contributed by atoms with Crippen LogP contribution in [0, 0.1) is 5.41 Å². The van der Waals surface area contributed by atoms with Crippen LogP contribution in [0.15, 0.2) is 22.8 Å². The van der Waals surface area contributed by atoms with Crippen LogP contribution >= 0.6 is 0 Å². The quantitative estimate of drug-likeness (QED) is 0.841. The molecule has 0 bridgehead atoms. The van der Waals surface area contributed by atoms with E-state index in [1.165, 1.54) is 0 Å². The number of hydrogen-bond donors (Lipinski definition) is 1. The highest BCUT2D eigenvalue weighted by molar-refractivity contribution is 5.83. The van der Waals surface area contributed by atoms with Crippen LogP contribution in [0.3, 0.4) is 0 Å². The topological polar surface area (TPSA) is 59.5 Å². The summed E-state index contributed by atoms with van der Waals surface area (Å²) in [5.41, 5.74) is 5.33. The Hall–Kier alpha value is -1.29. The Bertz CT molecular complexity index is 392. The van der Waals surface area contributed by atoms with E-state index in [0.717, 1.165) is 25.0 Å². The van der Waals surface area contributed by atoms with Gasteiger partial charge in [-0.15, -0.1) is 0 Å². The largest absolute Gasteiger partial charge is 0.467 e. The molecular weight excluding hydrogens is 228 g/mol. The number of furan rings is 1. The fourth-order valence-electron chi connectivity index (χ4n) is 2.05. The molecule has 4 nitrogen and oxygen atoms in total. The van der Waals surface area contributed by atoms with Gasteiger partial charge >= 0.3 is 0 Å². The molecule has 0 aliphatic heterocycles. The minimum absolute atomic E-state index is 0.159. The van der Waals surface area contributed by atoms with Crippen molar-refractivity contribution < 1.29 is 9.21 Å². The Morgan fingerprint density at radius 2 is 2.33 bits per heavy atom. The van der Waals surface area contributed by atoms with Crippen molar-refractivity contribution in [2.45, 2.75) is 45.7 Å². The molecule has 2 N–H and O–H groups in total. The van der Waals surface area contributed by atoms with Crippen LogP contribution in [0.5, 0.6) is 0 Å². The lowest BCUT2D eigenvalue weighted by molar-refractivity contribution is -0.142. The second-order valence-corrected chi connectivity index (χ2v) is 5.36. The predicted octanol–water partition coefficient (Wildman–Crippen LogP) is 2.15. The molecule has 1 fully saturated rings. The number of nitrogens with zero attached hydrogens (tertiary/aromatic N) is 1. The Morgan fingerprint density at radius 1 is 1.61 bits per heavy atom. The highest BCUT2D eigenvalue weighted by Crippen LogP contribution is 2.33. The lowest BCUT2D eigenvalue weighted by Gasteiger charge is -2.32. The van der Waals surface area contributed by atoms with E-state index in [2.05, 4.69) is 0 Å². The smallest absolute Gasteiger partial charge is 0.230 e. The van der Waals surface area contributed by atoms with E-state index in [1.807, 2.05) is 30.9 Å². The predicted molar refractivity (Wildman–Crippen MR) is 69.7 cm³/mol. The molecule has 2 rings (SSSR count). The van der Waals surface area contributed by atoms with E-state index in [0.29, 0.717) is 19.1 Å². The first kappa shape index (κ1) is 13.1. The van der Waals surface area contributed by atoms with E-state index in [-0.39, 0.29) is 5.91 Å². The second-order valence-electron chi connectivity index (χ2n) is 5.36. The van der Waals surface area contributed by atoms with Crippen molar-refractivity contribution in [1.82, 2.24) is 4.90 Å². The summed E-state index contributed by atoms with van der Waals surface area (Å²) < 4.78 is 5.35. The first-order chi connectivity index (χ1) is 8.60. The van der Waals surface area contributed by atoms with E-state index in [4.69, 9.17) is 10.2 Å². The third-order valence-electron chi connectivity index (χ3n) is 3.90. The molecule has 1 aromatic heterocycles. The molecule has 0 spiro atoms. The molecule has 1 atom stereocenters. The number of nitrogens with two attached hydrogens (primary N) is 1. The first-order valence-electron chi connectivity index (χ1n) is 6.64. The monoisotopic (exact) mass is 250 g/mol. The Balaban J connectivity index is 2.12. The van der Waals surface area contributed by atoms with Crippen LogP contribution < -0.4 is 5.73 Å². The van der Waals surface area contributed by atoms with Crippen molar-refractivity contribution in [3.63, 3.8) is 0 Å². The zero-order valence-corrected chi connectivity index (χ0v) is 11.2. The third kappa shape index (κ3) is 2.58. The number of amides is 1. The summed E-state index contributed by atoms with van der Waals surface area (Å²) in [6.07, 6.45) is 4.60. The molecule has 1 aromatic rings. The van der Waals surface area contributed by atoms with Crippen LogP contribution in [-0.2, 0) is 11.3 Å². The maximum Gasteiger partial charge on any atom is 0.230 e. The molecule has 1 aliphatic carbocycles. The van der Waals surface area contributed by atoms with Gasteiger partial charge in [-0.1, -0.05) is 6.92 Å². The summed E-state index contributed by atoms with van der Waals surface area (Å²) in [6.45, 7) is 4.92. The average molecular weight is 250 g/mol. The molecule has 0 aromatic carbocycles. The zero-order valence-electron chi connectivity index (χ0n) is 11.2. The van der Waals surface area contributed by atoms with Crippen molar-refractivity contribution in [2.75, 3.05) is 6.54 Å². The average Bonchev–Trinajstić information content (AvgIpc) is 3.11. The minimum Gasteiger partial charge on any atom is -0.467 e. The van der Waals surface area contributed by atoms with Crippen LogP contribution in [0.4, 0.5) is 0 Å². The van der Waals surface area contributed by atoms with Gasteiger partial charge in [-0.2, -0.15) is 0 Å². The molecule has 1 aliphatic rings. The first-order valence-corrected chi connectivity index (χ1v) is 6.64. The van der Waals surface area contributed by atoms with Crippen LogP contribution in [0.2, 0.25) is 0 Å². The van der Waals surface area contributed by atoms with Gasteiger partial charge in [-0.3, -0.25) is 4.79 Å². The summed E-state index contributed by atoms with van der Waals surface area (Å²) in [6, 6.07) is 4.14. The van der Waals surface area contributed by atoms with Gasteiger partial charge in [-0.25, -0.2) is 0 Å². The third-order valence-corrected chi connectivity index (χ3v) is 3.90.